The maximum atomic E-state index is 12.9. The molecule has 1 aromatic carbocycles. The summed E-state index contributed by atoms with van der Waals surface area (Å²) in [5, 5.41) is 2.69. The van der Waals surface area contributed by atoms with Gasteiger partial charge in [0.25, 0.3) is 0 Å². The topological polar surface area (TPSA) is 92.8 Å². The number of imide groups is 1. The van der Waals surface area contributed by atoms with Gasteiger partial charge in [0.05, 0.1) is 24.0 Å². The average Bonchev–Trinajstić information content (AvgIpc) is 3.33. The quantitative estimate of drug-likeness (QED) is 0.330. The molecule has 2 saturated carbocycles. The van der Waals surface area contributed by atoms with Crippen molar-refractivity contribution < 1.29 is 23.9 Å². The molecule has 3 fully saturated rings. The lowest BCUT2D eigenvalue weighted by Crippen LogP contribution is -2.39. The maximum Gasteiger partial charge on any atom is 0.338 e. The number of esters is 1. The molecule has 6 atom stereocenters. The number of ether oxygens (including phenoxy) is 1. The van der Waals surface area contributed by atoms with Gasteiger partial charge >= 0.3 is 5.97 Å². The van der Waals surface area contributed by atoms with Gasteiger partial charge in [-0.3, -0.25) is 19.3 Å². The van der Waals surface area contributed by atoms with Crippen molar-refractivity contribution in [1.82, 2.24) is 4.90 Å². The minimum absolute atomic E-state index is 0.117. The second kappa shape index (κ2) is 8.65. The maximum absolute atomic E-state index is 12.9. The predicted molar refractivity (Wildman–Crippen MR) is 121 cm³/mol. The van der Waals surface area contributed by atoms with Crippen molar-refractivity contribution in [2.24, 2.45) is 29.6 Å². The minimum Gasteiger partial charge on any atom is -0.462 e. The third-order valence-electron chi connectivity index (χ3n) is 6.33. The summed E-state index contributed by atoms with van der Waals surface area (Å²) in [7, 11) is 0. The number of hydrogen-bond donors (Lipinski definition) is 1. The van der Waals surface area contributed by atoms with Gasteiger partial charge < -0.3 is 10.1 Å². The Kier molecular flexibility index (Phi) is 6.27. The summed E-state index contributed by atoms with van der Waals surface area (Å²) < 4.78 is 5.18. The van der Waals surface area contributed by atoms with Crippen molar-refractivity contribution >= 4 is 61.2 Å². The van der Waals surface area contributed by atoms with Gasteiger partial charge in [-0.2, -0.15) is 0 Å². The van der Waals surface area contributed by atoms with Crippen molar-refractivity contribution in [3.63, 3.8) is 0 Å². The summed E-state index contributed by atoms with van der Waals surface area (Å²) in [4.78, 5) is 51.7. The highest BCUT2D eigenvalue weighted by Gasteiger charge is 2.66. The fourth-order valence-corrected chi connectivity index (χ4v) is 6.80. The Labute approximate surface area is 197 Å². The molecule has 31 heavy (non-hydrogen) atoms. The first-order valence-electron chi connectivity index (χ1n) is 10.4. The van der Waals surface area contributed by atoms with E-state index in [1.165, 1.54) is 0 Å². The zero-order chi connectivity index (χ0) is 22.4. The van der Waals surface area contributed by atoms with Gasteiger partial charge in [0, 0.05) is 15.3 Å². The number of benzene rings is 1. The van der Waals surface area contributed by atoms with Crippen LogP contribution in [0.2, 0.25) is 0 Å². The second-order valence-corrected chi connectivity index (χ2v) is 11.0. The van der Waals surface area contributed by atoms with Gasteiger partial charge in [-0.1, -0.05) is 45.7 Å². The molecule has 166 valence electrons. The average molecular weight is 556 g/mol. The number of hydrogen-bond acceptors (Lipinski definition) is 5. The van der Waals surface area contributed by atoms with Crippen molar-refractivity contribution in [3.05, 3.63) is 29.8 Å². The molecule has 0 aromatic heterocycles. The molecule has 1 N–H and O–H groups in total. The van der Waals surface area contributed by atoms with E-state index in [-0.39, 0.29) is 57.6 Å². The molecule has 1 aliphatic heterocycles. The molecule has 7 nitrogen and oxygen atoms in total. The SMILES string of the molecule is CC(C)COC(=O)c1ccc(NC(=O)CN2C(=O)[C@H]3[C@@H]4C[C@@H]([C@@H](Br)[C@H]4Br)[C@@H]3C2=O)cc1. The Morgan fingerprint density at radius 1 is 1.06 bits per heavy atom. The standard InChI is InChI=1S/C22H24Br2N2O5/c1-10(2)9-31-22(30)11-3-5-12(6-4-11)25-15(27)8-26-20(28)16-13-7-14(17(16)21(26)29)19(24)18(13)23/h3-6,10,13-14,16-19H,7-9H2,1-2H3,(H,25,27)/t13-,14+,16-,17-,18-,19+/m0/s1. The first-order valence-corrected chi connectivity index (χ1v) is 12.2. The highest BCUT2D eigenvalue weighted by atomic mass is 79.9. The fourth-order valence-electron chi connectivity index (χ4n) is 4.93. The third-order valence-corrected chi connectivity index (χ3v) is 9.54. The molecular weight excluding hydrogens is 532 g/mol. The van der Waals surface area contributed by atoms with Crippen LogP contribution in [0.4, 0.5) is 5.69 Å². The Balaban J connectivity index is 1.36. The lowest BCUT2D eigenvalue weighted by Gasteiger charge is -2.28. The summed E-state index contributed by atoms with van der Waals surface area (Å²) in [6, 6.07) is 6.33. The van der Waals surface area contributed by atoms with Gasteiger partial charge in [0.2, 0.25) is 17.7 Å². The summed E-state index contributed by atoms with van der Waals surface area (Å²) in [5.74, 6) is -1.55. The van der Waals surface area contributed by atoms with E-state index in [4.69, 9.17) is 4.74 Å². The van der Waals surface area contributed by atoms with Crippen LogP contribution >= 0.6 is 31.9 Å². The molecular formula is C22H24Br2N2O5. The van der Waals surface area contributed by atoms with E-state index < -0.39 is 11.9 Å². The van der Waals surface area contributed by atoms with Crippen LogP contribution in [0.5, 0.6) is 0 Å². The molecule has 0 unspecified atom stereocenters. The summed E-state index contributed by atoms with van der Waals surface area (Å²) in [6.07, 6.45) is 0.852. The van der Waals surface area contributed by atoms with Gasteiger partial charge in [-0.15, -0.1) is 0 Å². The van der Waals surface area contributed by atoms with Gasteiger partial charge in [-0.25, -0.2) is 4.79 Å². The van der Waals surface area contributed by atoms with Crippen LogP contribution in [0, 0.1) is 29.6 Å². The van der Waals surface area contributed by atoms with Crippen LogP contribution in [0.25, 0.3) is 0 Å². The molecule has 1 aromatic rings. The van der Waals surface area contributed by atoms with Gasteiger partial charge in [0.15, 0.2) is 0 Å². The number of amides is 3. The molecule has 1 saturated heterocycles. The number of nitrogens with zero attached hydrogens (tertiary/aromatic N) is 1. The van der Waals surface area contributed by atoms with Crippen LogP contribution in [-0.4, -0.2) is 51.4 Å². The number of likely N-dealkylation sites (tertiary alicyclic amines) is 1. The zero-order valence-corrected chi connectivity index (χ0v) is 20.4. The van der Waals surface area contributed by atoms with E-state index in [0.717, 1.165) is 11.3 Å². The molecule has 0 spiro atoms. The first kappa shape index (κ1) is 22.5. The normalized spacial score (nSPS) is 31.3. The molecule has 2 bridgehead atoms. The highest BCUT2D eigenvalue weighted by molar-refractivity contribution is 9.12. The smallest absolute Gasteiger partial charge is 0.338 e. The largest absolute Gasteiger partial charge is 0.462 e. The van der Waals surface area contributed by atoms with E-state index in [1.54, 1.807) is 24.3 Å². The van der Waals surface area contributed by atoms with E-state index in [0.29, 0.717) is 17.9 Å². The highest BCUT2D eigenvalue weighted by Crippen LogP contribution is 2.60. The van der Waals surface area contributed by atoms with Crippen LogP contribution < -0.4 is 5.32 Å². The number of halogens is 2. The van der Waals surface area contributed by atoms with Crippen LogP contribution in [0.1, 0.15) is 30.6 Å². The van der Waals surface area contributed by atoms with Gasteiger partial charge in [-0.05, 0) is 48.4 Å². The number of carbonyl (C=O) groups is 4. The number of alkyl halides is 2. The van der Waals surface area contributed by atoms with Crippen molar-refractivity contribution in [2.75, 3.05) is 18.5 Å². The first-order chi connectivity index (χ1) is 14.7. The second-order valence-electron chi connectivity index (χ2n) is 8.88. The summed E-state index contributed by atoms with van der Waals surface area (Å²) >= 11 is 7.30. The van der Waals surface area contributed by atoms with Gasteiger partial charge in [0.1, 0.15) is 6.54 Å². The van der Waals surface area contributed by atoms with E-state index in [9.17, 15) is 19.2 Å². The van der Waals surface area contributed by atoms with Crippen LogP contribution in [0.15, 0.2) is 24.3 Å². The Hall–Kier alpha value is -1.74. The van der Waals surface area contributed by atoms with E-state index in [1.807, 2.05) is 13.8 Å². The molecule has 1 heterocycles. The van der Waals surface area contributed by atoms with Crippen LogP contribution in [0.3, 0.4) is 0 Å². The van der Waals surface area contributed by atoms with Crippen molar-refractivity contribution in [3.8, 4) is 0 Å². The Morgan fingerprint density at radius 2 is 1.61 bits per heavy atom. The third kappa shape index (κ3) is 4.06. The van der Waals surface area contributed by atoms with E-state index >= 15 is 0 Å². The van der Waals surface area contributed by atoms with Crippen molar-refractivity contribution in [2.45, 2.75) is 29.9 Å². The number of fused-ring (bicyclic) bond motifs is 5. The summed E-state index contributed by atoms with van der Waals surface area (Å²) in [5.41, 5.74) is 0.867. The minimum atomic E-state index is -0.449. The van der Waals surface area contributed by atoms with Crippen molar-refractivity contribution in [1.29, 1.82) is 0 Å². The van der Waals surface area contributed by atoms with Crippen LogP contribution in [-0.2, 0) is 19.1 Å². The molecule has 4 rings (SSSR count). The number of carbonyl (C=O) groups excluding carboxylic acids is 4. The van der Waals surface area contributed by atoms with E-state index in [2.05, 4.69) is 37.2 Å². The number of rotatable bonds is 6. The molecule has 3 aliphatic rings. The zero-order valence-electron chi connectivity index (χ0n) is 17.2. The molecule has 3 amide bonds. The Bertz CT molecular complexity index is 887. The number of nitrogens with one attached hydrogen (secondary N) is 1. The lowest BCUT2D eigenvalue weighted by molar-refractivity contribution is -0.143. The molecule has 9 heteroatoms. The predicted octanol–water partition coefficient (Wildman–Crippen LogP) is 3.22. The summed E-state index contributed by atoms with van der Waals surface area (Å²) in [6.45, 7) is 3.94. The molecule has 2 aliphatic carbocycles. The Morgan fingerprint density at radius 3 is 2.13 bits per heavy atom. The lowest BCUT2D eigenvalue weighted by atomic mass is 9.81. The fraction of sp³-hybridized carbons (Fsp3) is 0.545. The monoisotopic (exact) mass is 554 g/mol. The molecule has 0 radical (unpaired) electrons. The number of anilines is 1.